The molecule has 148 valence electrons. The summed E-state index contributed by atoms with van der Waals surface area (Å²) in [6.07, 6.45) is 3.32. The Labute approximate surface area is 166 Å². The van der Waals surface area contributed by atoms with Crippen molar-refractivity contribution in [3.8, 4) is 11.5 Å². The van der Waals surface area contributed by atoms with E-state index in [4.69, 9.17) is 21.7 Å². The van der Waals surface area contributed by atoms with E-state index >= 15 is 0 Å². The maximum atomic E-state index is 12.1. The number of likely N-dealkylation sites (N-methyl/N-ethyl adjacent to an activating group) is 1. The summed E-state index contributed by atoms with van der Waals surface area (Å²) in [5.41, 5.74) is 3.52. The van der Waals surface area contributed by atoms with E-state index in [-0.39, 0.29) is 12.5 Å². The number of hydrazone groups is 1. The maximum Gasteiger partial charge on any atom is 0.260 e. The lowest BCUT2D eigenvalue weighted by molar-refractivity contribution is -0.132. The number of ether oxygens (including phenoxy) is 2. The van der Waals surface area contributed by atoms with Crippen molar-refractivity contribution in [3.63, 3.8) is 0 Å². The van der Waals surface area contributed by atoms with Gasteiger partial charge in [-0.2, -0.15) is 5.10 Å². The molecule has 0 aromatic heterocycles. The summed E-state index contributed by atoms with van der Waals surface area (Å²) in [6.45, 7) is 11.7. The Morgan fingerprint density at radius 2 is 2.00 bits per heavy atom. The molecule has 0 bridgehead atoms. The first kappa shape index (κ1) is 22.4. The number of hydrogen-bond acceptors (Lipinski definition) is 5. The SMILES string of the molecule is C=CCNC(=S)N/N=C/c1ccc(OCC(=O)N(CC)CC)c(OCC)c1. The summed E-state index contributed by atoms with van der Waals surface area (Å²) in [5.74, 6) is 1.02. The number of carbonyl (C=O) groups is 1. The number of amides is 1. The molecule has 1 rings (SSSR count). The summed E-state index contributed by atoms with van der Waals surface area (Å²) in [6, 6.07) is 5.38. The first-order valence-electron chi connectivity index (χ1n) is 8.90. The highest BCUT2D eigenvalue weighted by molar-refractivity contribution is 7.80. The summed E-state index contributed by atoms with van der Waals surface area (Å²) >= 11 is 5.06. The summed E-state index contributed by atoms with van der Waals surface area (Å²) < 4.78 is 11.3. The van der Waals surface area contributed by atoms with Crippen molar-refractivity contribution in [3.05, 3.63) is 36.4 Å². The Morgan fingerprint density at radius 1 is 1.26 bits per heavy atom. The minimum Gasteiger partial charge on any atom is -0.490 e. The van der Waals surface area contributed by atoms with E-state index < -0.39 is 0 Å². The molecule has 7 nitrogen and oxygen atoms in total. The van der Waals surface area contributed by atoms with Gasteiger partial charge in [0.15, 0.2) is 23.2 Å². The lowest BCUT2D eigenvalue weighted by Crippen LogP contribution is -2.34. The Hall–Kier alpha value is -2.61. The number of thiocarbonyl (C=S) groups is 1. The van der Waals surface area contributed by atoms with Gasteiger partial charge >= 0.3 is 0 Å². The van der Waals surface area contributed by atoms with Gasteiger partial charge in [-0.3, -0.25) is 10.2 Å². The minimum absolute atomic E-state index is 0.0278. The average molecular weight is 393 g/mol. The molecule has 0 saturated heterocycles. The molecule has 0 aliphatic rings. The molecule has 27 heavy (non-hydrogen) atoms. The quantitative estimate of drug-likeness (QED) is 0.261. The highest BCUT2D eigenvalue weighted by Crippen LogP contribution is 2.28. The van der Waals surface area contributed by atoms with Gasteiger partial charge in [0.2, 0.25) is 0 Å². The Bertz CT molecular complexity index is 660. The monoisotopic (exact) mass is 392 g/mol. The van der Waals surface area contributed by atoms with Gasteiger partial charge in [-0.25, -0.2) is 0 Å². The fourth-order valence-electron chi connectivity index (χ4n) is 2.17. The van der Waals surface area contributed by atoms with Crippen molar-refractivity contribution >= 4 is 29.5 Å². The standard InChI is InChI=1S/C19H28N4O3S/c1-5-11-20-19(27)22-21-13-15-9-10-16(17(12-15)25-8-4)26-14-18(24)23(6-2)7-3/h5,9-10,12-13H,1,6-8,11,14H2,2-4H3,(H2,20,22,27)/b21-13+. The molecule has 1 aromatic carbocycles. The molecule has 0 atom stereocenters. The molecule has 0 radical (unpaired) electrons. The maximum absolute atomic E-state index is 12.1. The number of hydrogen-bond donors (Lipinski definition) is 2. The third-order valence-electron chi connectivity index (χ3n) is 3.52. The number of nitrogens with one attached hydrogen (secondary N) is 2. The van der Waals surface area contributed by atoms with Crippen LogP contribution in [0.1, 0.15) is 26.3 Å². The number of nitrogens with zero attached hydrogens (tertiary/aromatic N) is 2. The highest BCUT2D eigenvalue weighted by Gasteiger charge is 2.12. The first-order chi connectivity index (χ1) is 13.0. The van der Waals surface area contributed by atoms with E-state index in [0.717, 1.165) is 5.56 Å². The van der Waals surface area contributed by atoms with E-state index in [1.165, 1.54) is 0 Å². The van der Waals surface area contributed by atoms with Crippen LogP contribution in [0.25, 0.3) is 0 Å². The lowest BCUT2D eigenvalue weighted by atomic mass is 10.2. The second kappa shape index (κ2) is 12.7. The molecule has 8 heteroatoms. The smallest absolute Gasteiger partial charge is 0.260 e. The first-order valence-corrected chi connectivity index (χ1v) is 9.31. The zero-order valence-corrected chi connectivity index (χ0v) is 17.0. The summed E-state index contributed by atoms with van der Waals surface area (Å²) in [7, 11) is 0. The molecule has 0 heterocycles. The fourth-order valence-corrected chi connectivity index (χ4v) is 2.31. The van der Waals surface area contributed by atoms with Crippen LogP contribution in [0, 0.1) is 0 Å². The van der Waals surface area contributed by atoms with E-state index in [0.29, 0.717) is 42.9 Å². The largest absolute Gasteiger partial charge is 0.490 e. The predicted octanol–water partition coefficient (Wildman–Crippen LogP) is 2.32. The van der Waals surface area contributed by atoms with Crippen molar-refractivity contribution in [1.29, 1.82) is 0 Å². The molecule has 1 amide bonds. The van der Waals surface area contributed by atoms with Crippen LogP contribution in [0.2, 0.25) is 0 Å². The van der Waals surface area contributed by atoms with Crippen LogP contribution in [0.15, 0.2) is 36.0 Å². The van der Waals surface area contributed by atoms with E-state index in [2.05, 4.69) is 22.4 Å². The zero-order chi connectivity index (χ0) is 20.1. The lowest BCUT2D eigenvalue weighted by Gasteiger charge is -2.19. The summed E-state index contributed by atoms with van der Waals surface area (Å²) in [5, 5.41) is 7.40. The van der Waals surface area contributed by atoms with Crippen LogP contribution < -0.4 is 20.2 Å². The molecule has 0 unspecified atom stereocenters. The average Bonchev–Trinajstić information content (AvgIpc) is 2.67. The van der Waals surface area contributed by atoms with Crippen molar-refractivity contribution < 1.29 is 14.3 Å². The van der Waals surface area contributed by atoms with Gasteiger partial charge in [0.05, 0.1) is 12.8 Å². The molecule has 0 spiro atoms. The van der Waals surface area contributed by atoms with E-state index in [9.17, 15) is 4.79 Å². The molecule has 2 N–H and O–H groups in total. The Kier molecular flexibility index (Phi) is 10.5. The topological polar surface area (TPSA) is 75.2 Å². The minimum atomic E-state index is -0.0576. The second-order valence-electron chi connectivity index (χ2n) is 5.36. The molecule has 0 saturated carbocycles. The van der Waals surface area contributed by atoms with Gasteiger partial charge in [-0.15, -0.1) is 6.58 Å². The Morgan fingerprint density at radius 3 is 2.63 bits per heavy atom. The van der Waals surface area contributed by atoms with Gasteiger partial charge < -0.3 is 19.7 Å². The van der Waals surface area contributed by atoms with Gasteiger partial charge in [0.25, 0.3) is 5.91 Å². The molecular weight excluding hydrogens is 364 g/mol. The van der Waals surface area contributed by atoms with E-state index in [1.54, 1.807) is 29.3 Å². The Balaban J connectivity index is 2.74. The van der Waals surface area contributed by atoms with Gasteiger partial charge in [-0.05, 0) is 56.8 Å². The van der Waals surface area contributed by atoms with Crippen molar-refractivity contribution in [2.24, 2.45) is 5.10 Å². The van der Waals surface area contributed by atoms with Gasteiger partial charge in [0.1, 0.15) is 0 Å². The van der Waals surface area contributed by atoms with Crippen molar-refractivity contribution in [2.75, 3.05) is 32.8 Å². The molecule has 0 fully saturated rings. The predicted molar refractivity (Wildman–Crippen MR) is 113 cm³/mol. The molecule has 0 aliphatic heterocycles. The number of benzene rings is 1. The van der Waals surface area contributed by atoms with Crippen LogP contribution in [0.3, 0.4) is 0 Å². The van der Waals surface area contributed by atoms with Crippen LogP contribution in [-0.4, -0.2) is 55.0 Å². The van der Waals surface area contributed by atoms with Gasteiger partial charge in [0, 0.05) is 19.6 Å². The van der Waals surface area contributed by atoms with Crippen LogP contribution in [0.5, 0.6) is 11.5 Å². The molecule has 0 aliphatic carbocycles. The number of carbonyl (C=O) groups excluding carboxylic acids is 1. The summed E-state index contributed by atoms with van der Waals surface area (Å²) in [4.78, 5) is 13.8. The number of rotatable bonds is 11. The third-order valence-corrected chi connectivity index (χ3v) is 3.76. The van der Waals surface area contributed by atoms with Crippen molar-refractivity contribution in [2.45, 2.75) is 20.8 Å². The van der Waals surface area contributed by atoms with Gasteiger partial charge in [-0.1, -0.05) is 6.08 Å². The van der Waals surface area contributed by atoms with Crippen molar-refractivity contribution in [1.82, 2.24) is 15.6 Å². The molecular formula is C19H28N4O3S. The zero-order valence-electron chi connectivity index (χ0n) is 16.2. The van der Waals surface area contributed by atoms with E-state index in [1.807, 2.05) is 26.8 Å². The van der Waals surface area contributed by atoms with Crippen LogP contribution >= 0.6 is 12.2 Å². The highest BCUT2D eigenvalue weighted by atomic mass is 32.1. The third kappa shape index (κ3) is 8.08. The normalized spacial score (nSPS) is 10.3. The van der Waals surface area contributed by atoms with Crippen LogP contribution in [-0.2, 0) is 4.79 Å². The fraction of sp³-hybridized carbons (Fsp3) is 0.421. The van der Waals surface area contributed by atoms with Crippen LogP contribution in [0.4, 0.5) is 0 Å². The molecule has 1 aromatic rings. The second-order valence-corrected chi connectivity index (χ2v) is 5.77.